The summed E-state index contributed by atoms with van der Waals surface area (Å²) < 4.78 is 11.3. The van der Waals surface area contributed by atoms with Crippen LogP contribution < -0.4 is 5.48 Å². The summed E-state index contributed by atoms with van der Waals surface area (Å²) in [5.74, 6) is 0.487. The van der Waals surface area contributed by atoms with Crippen LogP contribution in [-0.4, -0.2) is 45.9 Å². The third kappa shape index (κ3) is 4.98. The number of nitrogens with zero attached hydrogens (tertiary/aromatic N) is 3. The molecule has 0 bridgehead atoms. The summed E-state index contributed by atoms with van der Waals surface area (Å²) in [6.07, 6.45) is 2.65. The van der Waals surface area contributed by atoms with Crippen LogP contribution >= 0.6 is 0 Å². The van der Waals surface area contributed by atoms with Gasteiger partial charge >= 0.3 is 0 Å². The summed E-state index contributed by atoms with van der Waals surface area (Å²) in [5, 5.41) is 12.6. The lowest BCUT2D eigenvalue weighted by molar-refractivity contribution is -0.124. The van der Waals surface area contributed by atoms with Gasteiger partial charge in [-0.3, -0.25) is 14.9 Å². The Hall–Kier alpha value is -3.33. The first-order valence-corrected chi connectivity index (χ1v) is 9.65. The van der Waals surface area contributed by atoms with Crippen molar-refractivity contribution < 1.29 is 19.3 Å². The lowest BCUT2D eigenvalue weighted by Gasteiger charge is -2.31. The predicted octanol–water partition coefficient (Wildman–Crippen LogP) is 2.83. The number of morpholine rings is 1. The van der Waals surface area contributed by atoms with Crippen molar-refractivity contribution in [2.75, 3.05) is 19.7 Å². The molecule has 0 aliphatic carbocycles. The van der Waals surface area contributed by atoms with E-state index in [0.29, 0.717) is 24.9 Å². The average Bonchev–Trinajstić information content (AvgIpc) is 3.30. The number of hydrogen-bond donors (Lipinski definition) is 2. The lowest BCUT2D eigenvalue weighted by Crippen LogP contribution is -2.37. The Morgan fingerprint density at radius 1 is 1.20 bits per heavy atom. The summed E-state index contributed by atoms with van der Waals surface area (Å²) in [5.41, 5.74) is 4.50. The van der Waals surface area contributed by atoms with E-state index in [1.165, 1.54) is 6.08 Å². The Kier molecular flexibility index (Phi) is 6.29. The van der Waals surface area contributed by atoms with E-state index in [2.05, 4.69) is 15.0 Å². The van der Waals surface area contributed by atoms with Crippen molar-refractivity contribution >= 4 is 12.0 Å². The Morgan fingerprint density at radius 2 is 2.00 bits per heavy atom. The van der Waals surface area contributed by atoms with Crippen LogP contribution in [0.1, 0.15) is 23.1 Å². The first kappa shape index (κ1) is 20.0. The van der Waals surface area contributed by atoms with Gasteiger partial charge in [0.05, 0.1) is 6.61 Å². The van der Waals surface area contributed by atoms with E-state index in [1.807, 2.05) is 54.6 Å². The normalized spacial score (nSPS) is 17.3. The molecule has 1 atom stereocenters. The van der Waals surface area contributed by atoms with Gasteiger partial charge in [0, 0.05) is 31.3 Å². The second-order valence-corrected chi connectivity index (χ2v) is 6.97. The third-order valence-electron chi connectivity index (χ3n) is 4.82. The van der Waals surface area contributed by atoms with Crippen LogP contribution in [0.3, 0.4) is 0 Å². The third-order valence-corrected chi connectivity index (χ3v) is 4.82. The van der Waals surface area contributed by atoms with E-state index in [1.54, 1.807) is 11.6 Å². The van der Waals surface area contributed by atoms with Gasteiger partial charge in [-0.25, -0.2) is 5.48 Å². The van der Waals surface area contributed by atoms with Gasteiger partial charge in [-0.15, -0.1) is 0 Å². The van der Waals surface area contributed by atoms with Crippen molar-refractivity contribution in [3.05, 3.63) is 77.7 Å². The zero-order valence-electron chi connectivity index (χ0n) is 16.3. The van der Waals surface area contributed by atoms with Gasteiger partial charge in [-0.1, -0.05) is 59.8 Å². The largest absolute Gasteiger partial charge is 0.366 e. The first-order chi connectivity index (χ1) is 14.7. The molecule has 2 heterocycles. The van der Waals surface area contributed by atoms with E-state index in [-0.39, 0.29) is 6.10 Å². The number of amides is 1. The van der Waals surface area contributed by atoms with Crippen molar-refractivity contribution in [3.63, 3.8) is 0 Å². The highest BCUT2D eigenvalue weighted by Gasteiger charge is 2.27. The van der Waals surface area contributed by atoms with Crippen LogP contribution in [-0.2, 0) is 16.1 Å². The summed E-state index contributed by atoms with van der Waals surface area (Å²) >= 11 is 0. The maximum atomic E-state index is 11.1. The fraction of sp³-hybridized carbons (Fsp3) is 0.227. The SMILES string of the molecule is O=C(/C=C/c1ccc(CN2CCOC(c3nc(-c4ccccc4)no3)C2)cc1)NO. The summed E-state index contributed by atoms with van der Waals surface area (Å²) in [7, 11) is 0. The van der Waals surface area contributed by atoms with E-state index >= 15 is 0 Å². The van der Waals surface area contributed by atoms with Gasteiger partial charge in [0.15, 0.2) is 0 Å². The van der Waals surface area contributed by atoms with Crippen molar-refractivity contribution in [2.45, 2.75) is 12.6 Å². The van der Waals surface area contributed by atoms with Gasteiger partial charge in [0.2, 0.25) is 5.82 Å². The summed E-state index contributed by atoms with van der Waals surface area (Å²) in [6.45, 7) is 2.83. The number of hydrogen-bond acceptors (Lipinski definition) is 7. The Labute approximate surface area is 173 Å². The zero-order chi connectivity index (χ0) is 20.8. The van der Waals surface area contributed by atoms with Gasteiger partial charge in [0.1, 0.15) is 6.10 Å². The Balaban J connectivity index is 1.37. The van der Waals surface area contributed by atoms with Crippen LogP contribution in [0.4, 0.5) is 0 Å². The maximum Gasteiger partial charge on any atom is 0.267 e. The van der Waals surface area contributed by atoms with Gasteiger partial charge in [-0.05, 0) is 17.2 Å². The first-order valence-electron chi connectivity index (χ1n) is 9.65. The molecule has 0 spiro atoms. The quantitative estimate of drug-likeness (QED) is 0.369. The number of hydroxylamine groups is 1. The average molecular weight is 406 g/mol. The van der Waals surface area contributed by atoms with E-state index in [9.17, 15) is 4.79 Å². The van der Waals surface area contributed by atoms with Crippen molar-refractivity contribution in [2.24, 2.45) is 0 Å². The topological polar surface area (TPSA) is 101 Å². The molecular formula is C22H22N4O4. The number of benzene rings is 2. The zero-order valence-corrected chi connectivity index (χ0v) is 16.3. The molecule has 1 amide bonds. The number of ether oxygens (including phenoxy) is 1. The molecule has 4 rings (SSSR count). The van der Waals surface area contributed by atoms with Crippen molar-refractivity contribution in [3.8, 4) is 11.4 Å². The standard InChI is InChI=1S/C22H22N4O4/c27-20(24-28)11-10-16-6-8-17(9-7-16)14-26-12-13-29-19(15-26)22-23-21(25-30-22)18-4-2-1-3-5-18/h1-11,19,28H,12-15H2,(H,24,27)/b11-10+. The molecule has 0 saturated carbocycles. The Bertz CT molecular complexity index is 1000. The highest BCUT2D eigenvalue weighted by atomic mass is 16.5. The van der Waals surface area contributed by atoms with Crippen molar-refractivity contribution in [1.29, 1.82) is 0 Å². The molecule has 0 radical (unpaired) electrons. The van der Waals surface area contributed by atoms with Gasteiger partial charge in [-0.2, -0.15) is 4.98 Å². The fourth-order valence-electron chi connectivity index (χ4n) is 3.27. The molecule has 8 nitrogen and oxygen atoms in total. The van der Waals surface area contributed by atoms with Crippen LogP contribution in [0.15, 0.2) is 65.2 Å². The minimum atomic E-state index is -0.560. The maximum absolute atomic E-state index is 11.1. The molecule has 154 valence electrons. The van der Waals surface area contributed by atoms with Crippen LogP contribution in [0.5, 0.6) is 0 Å². The number of carbonyl (C=O) groups excluding carboxylic acids is 1. The number of carbonyl (C=O) groups is 1. The molecule has 30 heavy (non-hydrogen) atoms. The number of aromatic nitrogens is 2. The van der Waals surface area contributed by atoms with E-state index < -0.39 is 5.91 Å². The predicted molar refractivity (Wildman–Crippen MR) is 109 cm³/mol. The van der Waals surface area contributed by atoms with Gasteiger partial charge < -0.3 is 9.26 Å². The van der Waals surface area contributed by atoms with Crippen LogP contribution in [0, 0.1) is 0 Å². The van der Waals surface area contributed by atoms with Crippen molar-refractivity contribution in [1.82, 2.24) is 20.5 Å². The molecular weight excluding hydrogens is 384 g/mol. The molecule has 2 aromatic carbocycles. The molecule has 1 unspecified atom stereocenters. The lowest BCUT2D eigenvalue weighted by atomic mass is 10.1. The minimum absolute atomic E-state index is 0.261. The second kappa shape index (κ2) is 9.45. The molecule has 8 heteroatoms. The monoisotopic (exact) mass is 406 g/mol. The highest BCUT2D eigenvalue weighted by Crippen LogP contribution is 2.24. The molecule has 2 N–H and O–H groups in total. The summed E-state index contributed by atoms with van der Waals surface area (Å²) in [4.78, 5) is 17.9. The molecule has 1 fully saturated rings. The molecule has 1 aromatic heterocycles. The summed E-state index contributed by atoms with van der Waals surface area (Å²) in [6, 6.07) is 17.6. The Morgan fingerprint density at radius 3 is 2.77 bits per heavy atom. The van der Waals surface area contributed by atoms with Crippen LogP contribution in [0.25, 0.3) is 17.5 Å². The minimum Gasteiger partial charge on any atom is -0.366 e. The number of rotatable bonds is 6. The van der Waals surface area contributed by atoms with E-state index in [4.69, 9.17) is 14.5 Å². The van der Waals surface area contributed by atoms with E-state index in [0.717, 1.165) is 29.8 Å². The number of nitrogens with one attached hydrogen (secondary N) is 1. The molecule has 1 aliphatic heterocycles. The fourth-order valence-corrected chi connectivity index (χ4v) is 3.27. The van der Waals surface area contributed by atoms with Gasteiger partial charge in [0.25, 0.3) is 11.8 Å². The molecule has 3 aromatic rings. The molecule has 1 aliphatic rings. The highest BCUT2D eigenvalue weighted by molar-refractivity contribution is 5.90. The molecule has 1 saturated heterocycles. The van der Waals surface area contributed by atoms with Crippen LogP contribution in [0.2, 0.25) is 0 Å². The smallest absolute Gasteiger partial charge is 0.267 e. The second-order valence-electron chi connectivity index (χ2n) is 6.97.